The number of aromatic amines is 1. The van der Waals surface area contributed by atoms with E-state index in [0.717, 1.165) is 24.7 Å². The third kappa shape index (κ3) is 3.62. The van der Waals surface area contributed by atoms with E-state index in [-0.39, 0.29) is 0 Å². The molecule has 0 amide bonds. The average molecular weight is 303 g/mol. The van der Waals surface area contributed by atoms with Crippen LogP contribution in [0.1, 0.15) is 57.1 Å². The topological polar surface area (TPSA) is 56.3 Å². The first-order chi connectivity index (χ1) is 10.8. The Balaban J connectivity index is 1.61. The number of rotatable bonds is 2. The second-order valence-corrected chi connectivity index (χ2v) is 6.92. The number of guanidine groups is 1. The molecule has 1 aliphatic carbocycles. The van der Waals surface area contributed by atoms with Crippen LogP contribution in [0.4, 0.5) is 0 Å². The lowest BCUT2D eigenvalue weighted by Crippen LogP contribution is -2.50. The summed E-state index contributed by atoms with van der Waals surface area (Å²) in [7, 11) is 1.89. The lowest BCUT2D eigenvalue weighted by Gasteiger charge is -2.44. The molecule has 122 valence electrons. The zero-order valence-corrected chi connectivity index (χ0v) is 13.8. The van der Waals surface area contributed by atoms with Crippen molar-refractivity contribution in [3.05, 3.63) is 18.0 Å². The predicted octanol–water partition coefficient (Wildman–Crippen LogP) is 2.92. The molecule has 22 heavy (non-hydrogen) atoms. The highest BCUT2D eigenvalue weighted by Gasteiger charge is 2.36. The van der Waals surface area contributed by atoms with Crippen molar-refractivity contribution in [3.63, 3.8) is 0 Å². The molecule has 1 aliphatic heterocycles. The molecule has 2 heterocycles. The van der Waals surface area contributed by atoms with E-state index in [1.165, 1.54) is 57.9 Å². The van der Waals surface area contributed by atoms with Gasteiger partial charge in [0.15, 0.2) is 5.96 Å². The lowest BCUT2D eigenvalue weighted by molar-refractivity contribution is 0.115. The van der Waals surface area contributed by atoms with Gasteiger partial charge < -0.3 is 10.2 Å². The number of hydrogen-bond donors (Lipinski definition) is 2. The van der Waals surface area contributed by atoms with E-state index in [9.17, 15) is 0 Å². The summed E-state index contributed by atoms with van der Waals surface area (Å²) >= 11 is 0. The summed E-state index contributed by atoms with van der Waals surface area (Å²) in [6.07, 6.45) is 13.0. The van der Waals surface area contributed by atoms with Crippen molar-refractivity contribution in [2.24, 2.45) is 10.4 Å². The van der Waals surface area contributed by atoms with Crippen molar-refractivity contribution in [1.82, 2.24) is 20.4 Å². The quantitative estimate of drug-likeness (QED) is 0.652. The standard InChI is InChI=1S/C17H29N5/c1-18-16(19-13-15-7-11-20-21-15)22-12-6-10-17(14-22)8-4-2-3-5-9-17/h7,11H,2-6,8-10,12-14H2,1H3,(H,18,19)(H,20,21). The van der Waals surface area contributed by atoms with Crippen LogP contribution in [-0.2, 0) is 6.54 Å². The van der Waals surface area contributed by atoms with Crippen molar-refractivity contribution in [2.45, 2.75) is 57.9 Å². The van der Waals surface area contributed by atoms with E-state index in [1.54, 1.807) is 6.20 Å². The third-order valence-corrected chi connectivity index (χ3v) is 5.33. The van der Waals surface area contributed by atoms with Crippen LogP contribution in [-0.4, -0.2) is 41.2 Å². The van der Waals surface area contributed by atoms with Crippen molar-refractivity contribution >= 4 is 5.96 Å². The van der Waals surface area contributed by atoms with Gasteiger partial charge in [-0.1, -0.05) is 25.7 Å². The van der Waals surface area contributed by atoms with E-state index >= 15 is 0 Å². The second kappa shape index (κ2) is 7.16. The number of aliphatic imine (C=N–C) groups is 1. The summed E-state index contributed by atoms with van der Waals surface area (Å²) in [5, 5.41) is 10.5. The van der Waals surface area contributed by atoms with Crippen molar-refractivity contribution in [3.8, 4) is 0 Å². The fourth-order valence-corrected chi connectivity index (χ4v) is 4.17. The van der Waals surface area contributed by atoms with Gasteiger partial charge in [-0.2, -0.15) is 5.10 Å². The molecule has 0 atom stereocenters. The summed E-state index contributed by atoms with van der Waals surface area (Å²) in [6.45, 7) is 3.07. The zero-order valence-electron chi connectivity index (χ0n) is 13.8. The molecule has 1 saturated heterocycles. The summed E-state index contributed by atoms with van der Waals surface area (Å²) in [4.78, 5) is 6.99. The van der Waals surface area contributed by atoms with Gasteiger partial charge in [-0.3, -0.25) is 10.1 Å². The molecule has 0 radical (unpaired) electrons. The molecular weight excluding hydrogens is 274 g/mol. The van der Waals surface area contributed by atoms with Gasteiger partial charge >= 0.3 is 0 Å². The van der Waals surface area contributed by atoms with Gasteiger partial charge in [0.05, 0.1) is 12.2 Å². The number of hydrogen-bond acceptors (Lipinski definition) is 2. The van der Waals surface area contributed by atoms with Gasteiger partial charge in [0.25, 0.3) is 0 Å². The van der Waals surface area contributed by atoms with Gasteiger partial charge in [0, 0.05) is 26.3 Å². The minimum atomic E-state index is 0.542. The molecule has 0 aromatic carbocycles. The van der Waals surface area contributed by atoms with E-state index in [4.69, 9.17) is 0 Å². The first-order valence-corrected chi connectivity index (χ1v) is 8.75. The minimum absolute atomic E-state index is 0.542. The SMILES string of the molecule is CN=C(NCc1ccn[nH]1)N1CCCC2(CCCCCC2)C1. The van der Waals surface area contributed by atoms with Crippen LogP contribution < -0.4 is 5.32 Å². The number of aromatic nitrogens is 2. The fraction of sp³-hybridized carbons (Fsp3) is 0.765. The number of nitrogens with zero attached hydrogens (tertiary/aromatic N) is 3. The first-order valence-electron chi connectivity index (χ1n) is 8.75. The van der Waals surface area contributed by atoms with Crippen LogP contribution in [0.25, 0.3) is 0 Å². The molecule has 2 aliphatic rings. The maximum absolute atomic E-state index is 4.51. The molecule has 0 bridgehead atoms. The van der Waals surface area contributed by atoms with Gasteiger partial charge in [0.1, 0.15) is 0 Å². The average Bonchev–Trinajstić information content (AvgIpc) is 2.96. The number of H-pyrrole nitrogens is 1. The van der Waals surface area contributed by atoms with Gasteiger partial charge in [-0.15, -0.1) is 0 Å². The fourth-order valence-electron chi connectivity index (χ4n) is 4.17. The summed E-state index contributed by atoms with van der Waals surface area (Å²) in [5.74, 6) is 1.04. The van der Waals surface area contributed by atoms with Crippen molar-refractivity contribution in [1.29, 1.82) is 0 Å². The molecule has 3 rings (SSSR count). The summed E-state index contributed by atoms with van der Waals surface area (Å²) in [5.41, 5.74) is 1.64. The van der Waals surface area contributed by atoms with E-state index in [1.807, 2.05) is 13.1 Å². The molecule has 1 aromatic heterocycles. The highest BCUT2D eigenvalue weighted by Crippen LogP contribution is 2.42. The van der Waals surface area contributed by atoms with E-state index in [0.29, 0.717) is 5.41 Å². The first kappa shape index (κ1) is 15.4. The third-order valence-electron chi connectivity index (χ3n) is 5.33. The number of likely N-dealkylation sites (tertiary alicyclic amines) is 1. The normalized spacial score (nSPS) is 22.6. The Labute approximate surface area is 133 Å². The molecule has 0 unspecified atom stereocenters. The molecule has 5 heteroatoms. The van der Waals surface area contributed by atoms with Crippen LogP contribution in [0, 0.1) is 5.41 Å². The Hall–Kier alpha value is -1.52. The summed E-state index contributed by atoms with van der Waals surface area (Å²) in [6, 6.07) is 2.00. The van der Waals surface area contributed by atoms with Crippen LogP contribution in [0.15, 0.2) is 17.3 Å². The summed E-state index contributed by atoms with van der Waals surface area (Å²) < 4.78 is 0. The number of piperidine rings is 1. The maximum atomic E-state index is 4.51. The predicted molar refractivity (Wildman–Crippen MR) is 89.7 cm³/mol. The highest BCUT2D eigenvalue weighted by molar-refractivity contribution is 5.80. The Kier molecular flexibility index (Phi) is 5.01. The Morgan fingerprint density at radius 3 is 2.73 bits per heavy atom. The van der Waals surface area contributed by atoms with Crippen molar-refractivity contribution < 1.29 is 0 Å². The molecule has 1 spiro atoms. The van der Waals surface area contributed by atoms with Gasteiger partial charge in [0.2, 0.25) is 0 Å². The largest absolute Gasteiger partial charge is 0.351 e. The second-order valence-electron chi connectivity index (χ2n) is 6.92. The molecule has 2 fully saturated rings. The van der Waals surface area contributed by atoms with Crippen LogP contribution in [0.3, 0.4) is 0 Å². The monoisotopic (exact) mass is 303 g/mol. The van der Waals surface area contributed by atoms with E-state index in [2.05, 4.69) is 25.4 Å². The van der Waals surface area contributed by atoms with E-state index < -0.39 is 0 Å². The zero-order chi connectivity index (χ0) is 15.3. The molecule has 1 aromatic rings. The highest BCUT2D eigenvalue weighted by atomic mass is 15.3. The molecule has 2 N–H and O–H groups in total. The van der Waals surface area contributed by atoms with Crippen LogP contribution >= 0.6 is 0 Å². The lowest BCUT2D eigenvalue weighted by atomic mass is 9.74. The minimum Gasteiger partial charge on any atom is -0.351 e. The maximum Gasteiger partial charge on any atom is 0.193 e. The Morgan fingerprint density at radius 1 is 1.27 bits per heavy atom. The number of nitrogens with one attached hydrogen (secondary N) is 2. The van der Waals surface area contributed by atoms with Crippen molar-refractivity contribution in [2.75, 3.05) is 20.1 Å². The Morgan fingerprint density at radius 2 is 2.05 bits per heavy atom. The van der Waals surface area contributed by atoms with Gasteiger partial charge in [-0.25, -0.2) is 0 Å². The van der Waals surface area contributed by atoms with Gasteiger partial charge in [-0.05, 0) is 37.2 Å². The smallest absolute Gasteiger partial charge is 0.193 e. The Bertz CT molecular complexity index is 471. The van der Waals surface area contributed by atoms with Crippen LogP contribution in [0.2, 0.25) is 0 Å². The molecule has 1 saturated carbocycles. The molecular formula is C17H29N5. The van der Waals surface area contributed by atoms with Crippen LogP contribution in [0.5, 0.6) is 0 Å². The molecule has 5 nitrogen and oxygen atoms in total.